The van der Waals surface area contributed by atoms with Crippen LogP contribution >= 0.6 is 11.6 Å². The largest absolute Gasteiger partial charge is 0.480 e. The fraction of sp³-hybridized carbons (Fsp3) is 0.400. The van der Waals surface area contributed by atoms with Crippen LogP contribution in [0.3, 0.4) is 0 Å². The van der Waals surface area contributed by atoms with Crippen LogP contribution in [0.1, 0.15) is 13.8 Å². The number of aliphatic carboxylic acids is 1. The number of nitrogens with two attached hydrogens (primary N) is 1. The first-order valence-electron chi connectivity index (χ1n) is 4.50. The molecule has 0 aliphatic heterocycles. The van der Waals surface area contributed by atoms with Gasteiger partial charge in [-0.1, -0.05) is 31.5 Å². The number of carboxylic acid groups (broad SMARTS) is 1. The zero-order chi connectivity index (χ0) is 11.8. The molecule has 1 heterocycles. The van der Waals surface area contributed by atoms with E-state index >= 15 is 0 Å². The van der Waals surface area contributed by atoms with Crippen molar-refractivity contribution >= 4 is 17.6 Å². The van der Waals surface area contributed by atoms with Crippen molar-refractivity contribution in [1.82, 2.24) is 4.98 Å². The molecule has 1 aromatic rings. The van der Waals surface area contributed by atoms with Gasteiger partial charge in [0.1, 0.15) is 11.2 Å². The molecule has 1 rings (SSSR count). The van der Waals surface area contributed by atoms with Crippen molar-refractivity contribution in [2.45, 2.75) is 19.9 Å². The Morgan fingerprint density at radius 1 is 1.53 bits per heavy atom. The van der Waals surface area contributed by atoms with Gasteiger partial charge in [0.25, 0.3) is 0 Å². The van der Waals surface area contributed by atoms with Gasteiger partial charge in [-0.3, -0.25) is 4.79 Å². The standard InChI is InChI=1S/C5H4ClN.C5H11NO2/c6-5-3-1-2-4-7-5;1-3(2)4(6)5(7)8/h1-4H;3-4H,6H2,1-2H3,(H,7,8)/t;4-/m.0/s1. The lowest BCUT2D eigenvalue weighted by atomic mass is 10.1. The molecule has 15 heavy (non-hydrogen) atoms. The van der Waals surface area contributed by atoms with Gasteiger partial charge in [-0.2, -0.15) is 0 Å². The molecule has 0 spiro atoms. The third-order valence-electron chi connectivity index (χ3n) is 1.63. The molecule has 0 aliphatic carbocycles. The van der Waals surface area contributed by atoms with Gasteiger partial charge in [-0.05, 0) is 18.1 Å². The SMILES string of the molecule is CC(C)[C@H](N)C(=O)O.Clc1ccccn1. The molecule has 0 amide bonds. The molecule has 1 aromatic heterocycles. The van der Waals surface area contributed by atoms with Gasteiger partial charge in [-0.25, -0.2) is 4.98 Å². The van der Waals surface area contributed by atoms with Crippen LogP contribution in [0.25, 0.3) is 0 Å². The predicted molar refractivity (Wildman–Crippen MR) is 59.7 cm³/mol. The third-order valence-corrected chi connectivity index (χ3v) is 1.86. The molecule has 5 heteroatoms. The topological polar surface area (TPSA) is 76.2 Å². The first-order chi connectivity index (χ1) is 6.95. The van der Waals surface area contributed by atoms with E-state index in [1.165, 1.54) is 0 Å². The Hall–Kier alpha value is -1.13. The van der Waals surface area contributed by atoms with Crippen LogP contribution < -0.4 is 5.73 Å². The minimum Gasteiger partial charge on any atom is -0.480 e. The maximum Gasteiger partial charge on any atom is 0.320 e. The Morgan fingerprint density at radius 3 is 2.27 bits per heavy atom. The van der Waals surface area contributed by atoms with Gasteiger partial charge < -0.3 is 10.8 Å². The first kappa shape index (κ1) is 13.9. The van der Waals surface area contributed by atoms with E-state index in [1.54, 1.807) is 26.1 Å². The number of rotatable bonds is 2. The van der Waals surface area contributed by atoms with Gasteiger partial charge in [0.2, 0.25) is 0 Å². The van der Waals surface area contributed by atoms with Gasteiger partial charge in [0, 0.05) is 6.20 Å². The van der Waals surface area contributed by atoms with Crippen molar-refractivity contribution in [1.29, 1.82) is 0 Å². The second-order valence-corrected chi connectivity index (χ2v) is 3.65. The molecule has 0 bridgehead atoms. The second-order valence-electron chi connectivity index (χ2n) is 3.26. The third kappa shape index (κ3) is 6.88. The lowest BCUT2D eigenvalue weighted by molar-refractivity contribution is -0.139. The van der Waals surface area contributed by atoms with Crippen molar-refractivity contribution in [3.63, 3.8) is 0 Å². The van der Waals surface area contributed by atoms with Crippen molar-refractivity contribution < 1.29 is 9.90 Å². The smallest absolute Gasteiger partial charge is 0.320 e. The average Bonchev–Trinajstić information content (AvgIpc) is 2.18. The Bertz CT molecular complexity index is 291. The Morgan fingerprint density at radius 2 is 2.13 bits per heavy atom. The zero-order valence-electron chi connectivity index (χ0n) is 8.72. The van der Waals surface area contributed by atoms with E-state index in [-0.39, 0.29) is 5.92 Å². The number of hydrogen-bond acceptors (Lipinski definition) is 3. The number of carboxylic acids is 1. The Labute approximate surface area is 94.1 Å². The minimum atomic E-state index is -0.931. The molecule has 0 aliphatic rings. The number of aromatic nitrogens is 1. The predicted octanol–water partition coefficient (Wildman–Crippen LogP) is 1.79. The van der Waals surface area contributed by atoms with E-state index in [9.17, 15) is 4.79 Å². The van der Waals surface area contributed by atoms with Crippen LogP contribution in [-0.2, 0) is 4.79 Å². The second kappa shape index (κ2) is 7.20. The summed E-state index contributed by atoms with van der Waals surface area (Å²) in [6.45, 7) is 3.55. The molecular formula is C10H15ClN2O2. The number of hydrogen-bond donors (Lipinski definition) is 2. The molecule has 0 fully saturated rings. The number of nitrogens with zero attached hydrogens (tertiary/aromatic N) is 1. The summed E-state index contributed by atoms with van der Waals surface area (Å²) in [5.41, 5.74) is 5.16. The van der Waals surface area contributed by atoms with Crippen LogP contribution in [0.4, 0.5) is 0 Å². The van der Waals surface area contributed by atoms with Gasteiger partial charge in [0.05, 0.1) is 0 Å². The minimum absolute atomic E-state index is 0.0208. The maximum absolute atomic E-state index is 10.0. The molecule has 1 atom stereocenters. The van der Waals surface area contributed by atoms with Crippen LogP contribution in [-0.4, -0.2) is 22.1 Å². The average molecular weight is 231 g/mol. The summed E-state index contributed by atoms with van der Waals surface area (Å²) in [6.07, 6.45) is 1.66. The highest BCUT2D eigenvalue weighted by Gasteiger charge is 2.14. The quantitative estimate of drug-likeness (QED) is 0.760. The highest BCUT2D eigenvalue weighted by Crippen LogP contribution is 1.98. The van der Waals surface area contributed by atoms with E-state index < -0.39 is 12.0 Å². The fourth-order valence-corrected chi connectivity index (χ4v) is 0.756. The van der Waals surface area contributed by atoms with Crippen LogP contribution in [0.5, 0.6) is 0 Å². The van der Waals surface area contributed by atoms with E-state index in [0.29, 0.717) is 5.15 Å². The number of pyridine rings is 1. The lowest BCUT2D eigenvalue weighted by Gasteiger charge is -2.07. The Kier molecular flexibility index (Phi) is 6.66. The molecule has 0 saturated carbocycles. The molecular weight excluding hydrogens is 216 g/mol. The number of halogens is 1. The van der Waals surface area contributed by atoms with Crippen molar-refractivity contribution in [2.75, 3.05) is 0 Å². The van der Waals surface area contributed by atoms with Gasteiger partial charge in [0.15, 0.2) is 0 Å². The summed E-state index contributed by atoms with van der Waals surface area (Å²) in [5, 5.41) is 8.77. The number of carbonyl (C=O) groups is 1. The molecule has 4 nitrogen and oxygen atoms in total. The highest BCUT2D eigenvalue weighted by atomic mass is 35.5. The summed E-state index contributed by atoms with van der Waals surface area (Å²) < 4.78 is 0. The summed E-state index contributed by atoms with van der Waals surface area (Å²) in [4.78, 5) is 13.8. The molecule has 84 valence electrons. The summed E-state index contributed by atoms with van der Waals surface area (Å²) in [6, 6.07) is 4.69. The maximum atomic E-state index is 10.0. The summed E-state index contributed by atoms with van der Waals surface area (Å²) in [7, 11) is 0. The fourth-order valence-electron chi connectivity index (χ4n) is 0.627. The van der Waals surface area contributed by atoms with E-state index in [1.807, 2.05) is 12.1 Å². The summed E-state index contributed by atoms with van der Waals surface area (Å²) in [5.74, 6) is -0.910. The molecule has 0 radical (unpaired) electrons. The van der Waals surface area contributed by atoms with Crippen LogP contribution in [0, 0.1) is 5.92 Å². The molecule has 0 aromatic carbocycles. The van der Waals surface area contributed by atoms with E-state index in [2.05, 4.69) is 4.98 Å². The van der Waals surface area contributed by atoms with Gasteiger partial charge >= 0.3 is 5.97 Å². The Balaban J connectivity index is 0.000000262. The van der Waals surface area contributed by atoms with Crippen molar-refractivity contribution in [3.05, 3.63) is 29.5 Å². The van der Waals surface area contributed by atoms with Crippen molar-refractivity contribution in [3.8, 4) is 0 Å². The highest BCUT2D eigenvalue weighted by molar-refractivity contribution is 6.29. The van der Waals surface area contributed by atoms with Gasteiger partial charge in [-0.15, -0.1) is 0 Å². The van der Waals surface area contributed by atoms with Crippen LogP contribution in [0.2, 0.25) is 5.15 Å². The molecule has 3 N–H and O–H groups in total. The van der Waals surface area contributed by atoms with E-state index in [4.69, 9.17) is 22.4 Å². The lowest BCUT2D eigenvalue weighted by Crippen LogP contribution is -2.34. The zero-order valence-corrected chi connectivity index (χ0v) is 9.48. The normalized spacial score (nSPS) is 11.5. The monoisotopic (exact) mass is 230 g/mol. The van der Waals surface area contributed by atoms with Crippen LogP contribution in [0.15, 0.2) is 24.4 Å². The van der Waals surface area contributed by atoms with Crippen molar-refractivity contribution in [2.24, 2.45) is 11.7 Å². The summed E-state index contributed by atoms with van der Waals surface area (Å²) >= 11 is 5.43. The van der Waals surface area contributed by atoms with E-state index in [0.717, 1.165) is 0 Å². The molecule has 0 unspecified atom stereocenters. The first-order valence-corrected chi connectivity index (χ1v) is 4.88. The molecule has 0 saturated heterocycles.